The van der Waals surface area contributed by atoms with E-state index in [9.17, 15) is 109 Å². The predicted molar refractivity (Wildman–Crippen MR) is 277 cm³/mol. The van der Waals surface area contributed by atoms with Crippen molar-refractivity contribution in [1.29, 1.82) is 0 Å². The number of phenols is 6. The zero-order valence-electron chi connectivity index (χ0n) is 42.2. The summed E-state index contributed by atoms with van der Waals surface area (Å²) in [7, 11) is 0. The summed E-state index contributed by atoms with van der Waals surface area (Å²) in [6.07, 6.45) is 0. The van der Waals surface area contributed by atoms with Gasteiger partial charge in [-0.3, -0.25) is 33.6 Å². The summed E-state index contributed by atoms with van der Waals surface area (Å²) < 4.78 is 22.3. The first-order valence-corrected chi connectivity index (χ1v) is 23.5. The summed E-state index contributed by atoms with van der Waals surface area (Å²) in [5.74, 6) is -19.2. The quantitative estimate of drug-likeness (QED) is 0.0182. The first-order valence-electron chi connectivity index (χ1n) is 23.5. The van der Waals surface area contributed by atoms with Crippen LogP contribution < -0.4 is 20.3 Å². The van der Waals surface area contributed by atoms with E-state index in [1.165, 1.54) is 13.8 Å². The van der Waals surface area contributed by atoms with Crippen molar-refractivity contribution in [1.82, 2.24) is 0 Å². The maximum absolute atomic E-state index is 13.8. The predicted octanol–water partition coefficient (Wildman–Crippen LogP) is 6.56. The third-order valence-corrected chi connectivity index (χ3v) is 13.7. The molecule has 26 heteroatoms. The van der Waals surface area contributed by atoms with Crippen molar-refractivity contribution in [2.75, 3.05) is 13.2 Å². The topological polar surface area (TPSA) is 455 Å². The van der Waals surface area contributed by atoms with Gasteiger partial charge in [-0.15, -0.1) is 0 Å². The van der Waals surface area contributed by atoms with Crippen LogP contribution in [0.5, 0.6) is 46.0 Å². The molecule has 416 valence electrons. The van der Waals surface area contributed by atoms with Gasteiger partial charge in [-0.2, -0.15) is 0 Å². The number of carbonyl (C=O) groups excluding carboxylic acids is 5. The van der Waals surface area contributed by atoms with Crippen molar-refractivity contribution in [2.45, 2.75) is 27.7 Å². The molecular weight excluding hydrogens is 1090 g/mol. The monoisotopic (exact) mass is 1120 g/mol. The van der Waals surface area contributed by atoms with Crippen molar-refractivity contribution < 1.29 is 118 Å². The van der Waals surface area contributed by atoms with E-state index in [1.807, 2.05) is 0 Å². The molecule has 0 spiro atoms. The SMILES string of the molecule is CC(=O)c1c(C)c(/C(O)=C2\COc3cc(O)c(O)c(C(=O)O)c3C2=O)cc2c(=O)c3c(C(=O)O)cc(O)cc3oc12.CC(=O)c1c(C)c(C(=O)C2COc3cc(O)c(O)c(C(=O)O)c3C2=O)cc2c(=O)c3c(C(=O)O)cc(O)cc3oc12. The van der Waals surface area contributed by atoms with E-state index in [-0.39, 0.29) is 78.0 Å². The van der Waals surface area contributed by atoms with Crippen LogP contribution in [0.1, 0.15) is 124 Å². The fourth-order valence-electron chi connectivity index (χ4n) is 9.97. The summed E-state index contributed by atoms with van der Waals surface area (Å²) in [6.45, 7) is 3.79. The van der Waals surface area contributed by atoms with Gasteiger partial charge in [-0.05, 0) is 63.1 Å². The molecule has 2 aliphatic rings. The highest BCUT2D eigenvalue weighted by Gasteiger charge is 2.42. The number of fused-ring (bicyclic) bond motifs is 6. The van der Waals surface area contributed by atoms with Crippen molar-refractivity contribution >= 4 is 102 Å². The average molecular weight is 1120 g/mol. The summed E-state index contributed by atoms with van der Waals surface area (Å²) in [4.78, 5) is 140. The normalized spacial score (nSPS) is 14.3. The van der Waals surface area contributed by atoms with Crippen LogP contribution in [-0.4, -0.2) is 122 Å². The van der Waals surface area contributed by atoms with E-state index in [4.69, 9.17) is 18.3 Å². The minimum atomic E-state index is -1.77. The number of aliphatic hydroxyl groups excluding tert-OH is 1. The maximum Gasteiger partial charge on any atom is 0.340 e. The molecule has 2 aromatic heterocycles. The molecule has 0 amide bonds. The molecule has 0 saturated heterocycles. The Kier molecular flexibility index (Phi) is 13.3. The second kappa shape index (κ2) is 19.7. The number of carbonyl (C=O) groups is 9. The van der Waals surface area contributed by atoms with Crippen LogP contribution >= 0.6 is 0 Å². The zero-order chi connectivity index (χ0) is 60.1. The Bertz CT molecular complexity index is 4570. The Hall–Kier alpha value is -11.6. The lowest BCUT2D eigenvalue weighted by atomic mass is 9.83. The van der Waals surface area contributed by atoms with E-state index in [0.717, 1.165) is 62.4 Å². The van der Waals surface area contributed by atoms with Crippen LogP contribution in [0, 0.1) is 19.8 Å². The highest BCUT2D eigenvalue weighted by Crippen LogP contribution is 2.45. The molecule has 2 aliphatic heterocycles. The molecular formula is C56H36O26. The Morgan fingerprint density at radius 2 is 0.927 bits per heavy atom. The van der Waals surface area contributed by atoms with Crippen molar-refractivity contribution in [3.05, 3.63) is 141 Å². The van der Waals surface area contributed by atoms with E-state index < -0.39 is 173 Å². The van der Waals surface area contributed by atoms with Gasteiger partial charge < -0.3 is 74.5 Å². The number of phenolic OH excluding ortho intramolecular Hbond substituents is 4. The van der Waals surface area contributed by atoms with Crippen molar-refractivity contribution in [3.63, 3.8) is 0 Å². The molecule has 0 bridgehead atoms. The molecule has 8 aromatic rings. The Balaban J connectivity index is 0.000000198. The lowest BCUT2D eigenvalue weighted by Crippen LogP contribution is -2.36. The number of benzene rings is 6. The molecule has 4 heterocycles. The molecule has 82 heavy (non-hydrogen) atoms. The van der Waals surface area contributed by atoms with Crippen molar-refractivity contribution in [3.8, 4) is 46.0 Å². The maximum atomic E-state index is 13.8. The second-order valence-corrected chi connectivity index (χ2v) is 18.6. The number of Topliss-reactive ketones (excluding diaryl/α,β-unsaturated/α-hetero) is 5. The van der Waals surface area contributed by atoms with Crippen LogP contribution in [-0.2, 0) is 0 Å². The largest absolute Gasteiger partial charge is 0.508 e. The van der Waals surface area contributed by atoms with E-state index in [2.05, 4.69) is 0 Å². The molecule has 0 saturated carbocycles. The highest BCUT2D eigenvalue weighted by molar-refractivity contribution is 6.24. The number of rotatable bonds is 9. The van der Waals surface area contributed by atoms with E-state index >= 15 is 0 Å². The molecule has 0 fully saturated rings. The Morgan fingerprint density at radius 1 is 0.500 bits per heavy atom. The standard InChI is InChI=1S/2C28H18O13/c2*1-8-11(22(32)14-7-40-16-6-15(31)25(35)21(28(38)39)20(16)24(14)34)5-13-23(33)19-12(27(36)37)3-10(30)4-17(19)41-26(13)18(8)9(2)29/h3-6,30-32,35H,7H2,1-2H3,(H,36,37)(H,38,39);3-6,14,30-31,35H,7H2,1-2H3,(H,36,37)(H,38,39)/b22-14-;. The van der Waals surface area contributed by atoms with Crippen LogP contribution in [0.4, 0.5) is 0 Å². The van der Waals surface area contributed by atoms with Gasteiger partial charge in [0.2, 0.25) is 16.6 Å². The van der Waals surface area contributed by atoms with Crippen LogP contribution in [0.25, 0.3) is 49.6 Å². The summed E-state index contributed by atoms with van der Waals surface area (Å²) in [5.41, 5.74) is -8.82. The molecule has 11 N–H and O–H groups in total. The number of aromatic carboxylic acids is 4. The fraction of sp³-hybridized carbons (Fsp3) is 0.125. The lowest BCUT2D eigenvalue weighted by Gasteiger charge is -2.25. The lowest BCUT2D eigenvalue weighted by molar-refractivity contribution is 0.0657. The second-order valence-electron chi connectivity index (χ2n) is 18.6. The summed E-state index contributed by atoms with van der Waals surface area (Å²) >= 11 is 0. The zero-order valence-corrected chi connectivity index (χ0v) is 42.2. The third-order valence-electron chi connectivity index (χ3n) is 13.7. The number of aliphatic hydroxyl groups is 1. The smallest absolute Gasteiger partial charge is 0.340 e. The van der Waals surface area contributed by atoms with Crippen LogP contribution in [0.2, 0.25) is 0 Å². The Labute approximate surface area is 453 Å². The van der Waals surface area contributed by atoms with Crippen LogP contribution in [0.15, 0.2) is 72.5 Å². The van der Waals surface area contributed by atoms with E-state index in [0.29, 0.717) is 0 Å². The average Bonchev–Trinajstić information content (AvgIpc) is 3.44. The first kappa shape index (κ1) is 55.2. The van der Waals surface area contributed by atoms with Gasteiger partial charge in [0, 0.05) is 35.4 Å². The molecule has 6 aromatic carbocycles. The minimum Gasteiger partial charge on any atom is -0.508 e. The van der Waals surface area contributed by atoms with Gasteiger partial charge in [0.15, 0.2) is 46.1 Å². The van der Waals surface area contributed by atoms with Gasteiger partial charge in [0.25, 0.3) is 0 Å². The fourth-order valence-corrected chi connectivity index (χ4v) is 9.97. The molecule has 0 radical (unpaired) electrons. The van der Waals surface area contributed by atoms with E-state index in [1.54, 1.807) is 0 Å². The number of ether oxygens (including phenoxy) is 2. The molecule has 0 aliphatic carbocycles. The number of ketones is 5. The van der Waals surface area contributed by atoms with Gasteiger partial charge in [0.1, 0.15) is 81.3 Å². The molecule has 10 rings (SSSR count). The van der Waals surface area contributed by atoms with Gasteiger partial charge in [-0.1, -0.05) is 0 Å². The first-order chi connectivity index (χ1) is 38.5. The number of aromatic hydroxyl groups is 6. The highest BCUT2D eigenvalue weighted by atomic mass is 16.5. The number of carboxylic acid groups (broad SMARTS) is 4. The number of hydrogen-bond acceptors (Lipinski definition) is 22. The minimum absolute atomic E-state index is 0.00159. The molecule has 1 unspecified atom stereocenters. The Morgan fingerprint density at radius 3 is 1.37 bits per heavy atom. The summed E-state index contributed by atoms with van der Waals surface area (Å²) in [6, 6.07) is 7.49. The van der Waals surface area contributed by atoms with Crippen LogP contribution in [0.3, 0.4) is 0 Å². The third kappa shape index (κ3) is 8.58. The molecule has 26 nitrogen and oxygen atoms in total. The number of hydrogen-bond donors (Lipinski definition) is 11. The number of carboxylic acids is 4. The molecule has 1 atom stereocenters. The van der Waals surface area contributed by atoms with Crippen molar-refractivity contribution in [2.24, 2.45) is 5.92 Å². The van der Waals surface area contributed by atoms with Gasteiger partial charge in [-0.25, -0.2) is 19.2 Å². The van der Waals surface area contributed by atoms with Gasteiger partial charge >= 0.3 is 23.9 Å². The summed E-state index contributed by atoms with van der Waals surface area (Å²) in [5, 5.41) is 108. The van der Waals surface area contributed by atoms with Gasteiger partial charge in [0.05, 0.1) is 60.5 Å².